The molecule has 0 saturated carbocycles. The number of benzene rings is 1. The van der Waals surface area contributed by atoms with Crippen molar-refractivity contribution in [3.63, 3.8) is 0 Å². The van der Waals surface area contributed by atoms with Gasteiger partial charge in [-0.2, -0.15) is 0 Å². The first kappa shape index (κ1) is 14.7. The average molecular weight is 292 g/mol. The van der Waals surface area contributed by atoms with Gasteiger partial charge >= 0.3 is 0 Å². The lowest BCUT2D eigenvalue weighted by molar-refractivity contribution is 0.113. The first-order chi connectivity index (χ1) is 9.72. The molecule has 0 radical (unpaired) electrons. The van der Waals surface area contributed by atoms with Gasteiger partial charge in [0.2, 0.25) is 0 Å². The molecule has 0 amide bonds. The molecule has 106 valence electrons. The highest BCUT2D eigenvalue weighted by Gasteiger charge is 2.09. The van der Waals surface area contributed by atoms with Gasteiger partial charge in [-0.3, -0.25) is 0 Å². The highest BCUT2D eigenvalue weighted by molar-refractivity contribution is 7.99. The normalized spacial score (nSPS) is 12.2. The van der Waals surface area contributed by atoms with E-state index in [4.69, 9.17) is 10.9 Å². The van der Waals surface area contributed by atoms with E-state index in [1.165, 1.54) is 11.8 Å². The van der Waals surface area contributed by atoms with Gasteiger partial charge in [0.15, 0.2) is 5.82 Å². The Morgan fingerprint density at radius 1 is 1.25 bits per heavy atom. The lowest BCUT2D eigenvalue weighted by atomic mass is 10.2. The minimum atomic E-state index is -0.774. The molecule has 7 heteroatoms. The number of hydrogen-bond donors (Lipinski definition) is 4. The number of anilines is 1. The van der Waals surface area contributed by atoms with Gasteiger partial charge in [0, 0.05) is 17.4 Å². The van der Waals surface area contributed by atoms with Crippen LogP contribution in [-0.2, 0) is 0 Å². The van der Waals surface area contributed by atoms with Gasteiger partial charge in [-0.05, 0) is 0 Å². The quantitative estimate of drug-likeness (QED) is 0.271. The molecule has 1 aromatic carbocycles. The van der Waals surface area contributed by atoms with E-state index in [0.29, 0.717) is 22.4 Å². The van der Waals surface area contributed by atoms with E-state index in [1.54, 1.807) is 6.07 Å². The fourth-order valence-electron chi connectivity index (χ4n) is 1.52. The number of nitrogens with one attached hydrogen (secondary N) is 1. The molecule has 1 unspecified atom stereocenters. The first-order valence-electron chi connectivity index (χ1n) is 6.05. The standard InChI is InChI=1S/C13H16N4O2S/c14-17-11-6-12(20-8-10(19)7-18)16-13(15-11)9-4-2-1-3-5-9/h1-6,10,18-19H,7-8,14H2,(H,15,16,17). The van der Waals surface area contributed by atoms with Crippen molar-refractivity contribution in [3.05, 3.63) is 36.4 Å². The summed E-state index contributed by atoms with van der Waals surface area (Å²) in [7, 11) is 0. The minimum Gasteiger partial charge on any atom is -0.394 e. The molecule has 0 aliphatic rings. The van der Waals surface area contributed by atoms with Crippen LogP contribution in [0.2, 0.25) is 0 Å². The Morgan fingerprint density at radius 3 is 2.65 bits per heavy atom. The van der Waals surface area contributed by atoms with Crippen molar-refractivity contribution in [2.75, 3.05) is 17.8 Å². The fourth-order valence-corrected chi connectivity index (χ4v) is 2.34. The zero-order valence-corrected chi connectivity index (χ0v) is 11.5. The van der Waals surface area contributed by atoms with Crippen LogP contribution in [0.3, 0.4) is 0 Å². The largest absolute Gasteiger partial charge is 0.394 e. The van der Waals surface area contributed by atoms with E-state index in [-0.39, 0.29) is 6.61 Å². The number of hydrazine groups is 1. The van der Waals surface area contributed by atoms with Crippen LogP contribution in [0.15, 0.2) is 41.4 Å². The summed E-state index contributed by atoms with van der Waals surface area (Å²) in [6.45, 7) is -0.272. The summed E-state index contributed by atoms with van der Waals surface area (Å²) in [6.07, 6.45) is -0.774. The van der Waals surface area contributed by atoms with Crippen LogP contribution >= 0.6 is 11.8 Å². The number of rotatable bonds is 6. The van der Waals surface area contributed by atoms with E-state index in [9.17, 15) is 5.11 Å². The van der Waals surface area contributed by atoms with Crippen LogP contribution in [-0.4, -0.2) is 38.6 Å². The van der Waals surface area contributed by atoms with Crippen LogP contribution in [0.4, 0.5) is 5.82 Å². The third-order valence-electron chi connectivity index (χ3n) is 2.52. The monoisotopic (exact) mass is 292 g/mol. The fraction of sp³-hybridized carbons (Fsp3) is 0.231. The van der Waals surface area contributed by atoms with Gasteiger partial charge in [0.1, 0.15) is 10.8 Å². The first-order valence-corrected chi connectivity index (χ1v) is 7.04. The van der Waals surface area contributed by atoms with Crippen LogP contribution < -0.4 is 11.3 Å². The Labute approximate surface area is 121 Å². The van der Waals surface area contributed by atoms with Gasteiger partial charge in [-0.15, -0.1) is 11.8 Å². The third-order valence-corrected chi connectivity index (χ3v) is 3.57. The Bertz CT molecular complexity index is 553. The van der Waals surface area contributed by atoms with Crippen molar-refractivity contribution in [1.82, 2.24) is 9.97 Å². The second-order valence-corrected chi connectivity index (χ2v) is 5.11. The summed E-state index contributed by atoms with van der Waals surface area (Å²) in [6, 6.07) is 11.2. The second kappa shape index (κ2) is 7.20. The molecule has 0 saturated heterocycles. The lowest BCUT2D eigenvalue weighted by Crippen LogP contribution is -2.15. The summed E-state index contributed by atoms with van der Waals surface area (Å²) in [4.78, 5) is 8.72. The molecular formula is C13H16N4O2S. The maximum absolute atomic E-state index is 9.38. The SMILES string of the molecule is NNc1cc(SCC(O)CO)nc(-c2ccccc2)n1. The Morgan fingerprint density at radius 2 is 2.00 bits per heavy atom. The van der Waals surface area contributed by atoms with Crippen molar-refractivity contribution in [1.29, 1.82) is 0 Å². The molecule has 2 aromatic rings. The predicted octanol–water partition coefficient (Wildman–Crippen LogP) is 0.875. The second-order valence-electron chi connectivity index (χ2n) is 4.07. The number of nitrogen functional groups attached to an aromatic ring is 1. The summed E-state index contributed by atoms with van der Waals surface area (Å²) in [5.41, 5.74) is 3.39. The molecule has 0 fully saturated rings. The summed E-state index contributed by atoms with van der Waals surface area (Å²) < 4.78 is 0. The Hall–Kier alpha value is -1.67. The molecule has 0 bridgehead atoms. The van der Waals surface area contributed by atoms with Crippen molar-refractivity contribution >= 4 is 17.6 Å². The number of aliphatic hydroxyl groups excluding tert-OH is 2. The van der Waals surface area contributed by atoms with E-state index in [2.05, 4.69) is 15.4 Å². The topological polar surface area (TPSA) is 104 Å². The lowest BCUT2D eigenvalue weighted by Gasteiger charge is -2.09. The molecule has 1 aromatic heterocycles. The number of aromatic nitrogens is 2. The van der Waals surface area contributed by atoms with Gasteiger partial charge in [0.25, 0.3) is 0 Å². The van der Waals surface area contributed by atoms with Gasteiger partial charge in [-0.25, -0.2) is 15.8 Å². The number of nitrogens with zero attached hydrogens (tertiary/aromatic N) is 2. The molecule has 0 aliphatic heterocycles. The van der Waals surface area contributed by atoms with Crippen LogP contribution in [0, 0.1) is 0 Å². The zero-order chi connectivity index (χ0) is 14.4. The summed E-state index contributed by atoms with van der Waals surface area (Å²) in [5, 5.41) is 18.9. The van der Waals surface area contributed by atoms with Crippen LogP contribution in [0.1, 0.15) is 0 Å². The molecule has 20 heavy (non-hydrogen) atoms. The molecule has 1 atom stereocenters. The van der Waals surface area contributed by atoms with Crippen LogP contribution in [0.5, 0.6) is 0 Å². The number of hydrogen-bond acceptors (Lipinski definition) is 7. The van der Waals surface area contributed by atoms with E-state index in [0.717, 1.165) is 5.56 Å². The maximum Gasteiger partial charge on any atom is 0.162 e. The van der Waals surface area contributed by atoms with Crippen LogP contribution in [0.25, 0.3) is 11.4 Å². The Balaban J connectivity index is 2.25. The van der Waals surface area contributed by atoms with E-state index >= 15 is 0 Å². The molecule has 2 rings (SSSR count). The molecular weight excluding hydrogens is 276 g/mol. The number of nitrogens with two attached hydrogens (primary N) is 1. The molecule has 0 spiro atoms. The molecule has 6 nitrogen and oxygen atoms in total. The van der Waals surface area contributed by atoms with E-state index in [1.807, 2.05) is 30.3 Å². The summed E-state index contributed by atoms with van der Waals surface area (Å²) >= 11 is 1.33. The van der Waals surface area contributed by atoms with Gasteiger partial charge < -0.3 is 15.6 Å². The Kier molecular flexibility index (Phi) is 5.31. The minimum absolute atomic E-state index is 0.272. The number of aliphatic hydroxyl groups is 2. The zero-order valence-electron chi connectivity index (χ0n) is 10.7. The molecule has 5 N–H and O–H groups in total. The maximum atomic E-state index is 9.38. The highest BCUT2D eigenvalue weighted by atomic mass is 32.2. The van der Waals surface area contributed by atoms with Gasteiger partial charge in [0.05, 0.1) is 12.7 Å². The van der Waals surface area contributed by atoms with E-state index < -0.39 is 6.10 Å². The van der Waals surface area contributed by atoms with Gasteiger partial charge in [-0.1, -0.05) is 30.3 Å². The molecule has 1 heterocycles. The highest BCUT2D eigenvalue weighted by Crippen LogP contribution is 2.23. The van der Waals surface area contributed by atoms with Crippen molar-refractivity contribution < 1.29 is 10.2 Å². The van der Waals surface area contributed by atoms with Crippen molar-refractivity contribution in [2.45, 2.75) is 11.1 Å². The smallest absolute Gasteiger partial charge is 0.162 e. The molecule has 0 aliphatic carbocycles. The summed E-state index contributed by atoms with van der Waals surface area (Å²) in [5.74, 6) is 6.82. The van der Waals surface area contributed by atoms with Crippen molar-refractivity contribution in [3.8, 4) is 11.4 Å². The average Bonchev–Trinajstić information content (AvgIpc) is 2.53. The predicted molar refractivity (Wildman–Crippen MR) is 79.1 cm³/mol. The number of thioether (sulfide) groups is 1. The third kappa shape index (κ3) is 3.91. The van der Waals surface area contributed by atoms with Crippen molar-refractivity contribution in [2.24, 2.45) is 5.84 Å².